The van der Waals surface area contributed by atoms with E-state index in [1.807, 2.05) is 31.2 Å². The zero-order valence-electron chi connectivity index (χ0n) is 13.2. The van der Waals surface area contributed by atoms with Gasteiger partial charge < -0.3 is 14.8 Å². The number of methoxy groups -OCH3 is 1. The van der Waals surface area contributed by atoms with Crippen LogP contribution in [0.4, 0.5) is 5.69 Å². The van der Waals surface area contributed by atoms with Gasteiger partial charge in [0.1, 0.15) is 12.4 Å². The number of benzene rings is 2. The lowest BCUT2D eigenvalue weighted by molar-refractivity contribution is -0.121. The largest absolute Gasteiger partial charge is 0.495 e. The Morgan fingerprint density at radius 2 is 1.91 bits per heavy atom. The number of amides is 1. The molecule has 0 heterocycles. The Morgan fingerprint density at radius 3 is 2.64 bits per heavy atom. The molecule has 4 nitrogen and oxygen atoms in total. The van der Waals surface area contributed by atoms with Crippen molar-refractivity contribution in [3.63, 3.8) is 0 Å². The van der Waals surface area contributed by atoms with Gasteiger partial charge in [-0.1, -0.05) is 35.9 Å². The van der Waals surface area contributed by atoms with Crippen LogP contribution in [0.3, 0.4) is 0 Å². The average molecular weight is 299 g/mol. The van der Waals surface area contributed by atoms with Gasteiger partial charge in [-0.05, 0) is 37.1 Å². The van der Waals surface area contributed by atoms with Crippen LogP contribution in [-0.4, -0.2) is 19.6 Å². The summed E-state index contributed by atoms with van der Waals surface area (Å²) >= 11 is 0. The number of anilines is 1. The Hall–Kier alpha value is -2.33. The van der Waals surface area contributed by atoms with E-state index in [0.29, 0.717) is 18.0 Å². The molecule has 1 amide bonds. The third-order valence-electron chi connectivity index (χ3n) is 3.37. The smallest absolute Gasteiger partial charge is 0.250 e. The summed E-state index contributed by atoms with van der Waals surface area (Å²) in [5.74, 6) is 0.430. The van der Waals surface area contributed by atoms with E-state index < -0.39 is 0 Å². The first-order chi connectivity index (χ1) is 10.6. The number of nitrogens with one attached hydrogen (secondary N) is 1. The van der Waals surface area contributed by atoms with Crippen LogP contribution >= 0.6 is 0 Å². The highest BCUT2D eigenvalue weighted by Crippen LogP contribution is 2.22. The number of hydrogen-bond acceptors (Lipinski definition) is 3. The molecule has 0 aliphatic rings. The van der Waals surface area contributed by atoms with Crippen molar-refractivity contribution in [3.05, 3.63) is 59.2 Å². The standard InChI is InChI=1S/C18H21NO3/c1-13-8-9-15(14(2)10-13)11-22-12-18(20)19-16-6-4-5-7-17(16)21-3/h4-10H,11-12H2,1-3H3,(H,19,20). The molecular formula is C18H21NO3. The summed E-state index contributed by atoms with van der Waals surface area (Å²) in [6.07, 6.45) is 0. The number of hydrogen-bond donors (Lipinski definition) is 1. The van der Waals surface area contributed by atoms with Crippen molar-refractivity contribution in [1.82, 2.24) is 0 Å². The van der Waals surface area contributed by atoms with Crippen LogP contribution in [-0.2, 0) is 16.1 Å². The van der Waals surface area contributed by atoms with Gasteiger partial charge in [-0.25, -0.2) is 0 Å². The molecule has 0 radical (unpaired) electrons. The molecule has 0 aliphatic heterocycles. The minimum atomic E-state index is -0.200. The fraction of sp³-hybridized carbons (Fsp3) is 0.278. The summed E-state index contributed by atoms with van der Waals surface area (Å²) in [6.45, 7) is 4.52. The molecule has 116 valence electrons. The van der Waals surface area contributed by atoms with Crippen LogP contribution < -0.4 is 10.1 Å². The number of ether oxygens (including phenoxy) is 2. The van der Waals surface area contributed by atoms with Crippen molar-refractivity contribution in [2.75, 3.05) is 19.0 Å². The molecule has 22 heavy (non-hydrogen) atoms. The van der Waals surface area contributed by atoms with E-state index >= 15 is 0 Å². The molecule has 0 aliphatic carbocycles. The van der Waals surface area contributed by atoms with Crippen LogP contribution in [0.1, 0.15) is 16.7 Å². The number of aryl methyl sites for hydroxylation is 2. The Bertz CT molecular complexity index is 653. The summed E-state index contributed by atoms with van der Waals surface area (Å²) in [5, 5.41) is 2.78. The molecule has 0 bridgehead atoms. The summed E-state index contributed by atoms with van der Waals surface area (Å²) in [5.41, 5.74) is 4.13. The molecule has 2 aromatic rings. The van der Waals surface area contributed by atoms with Gasteiger partial charge in [-0.3, -0.25) is 4.79 Å². The van der Waals surface area contributed by atoms with Gasteiger partial charge in [0.05, 0.1) is 19.4 Å². The number of para-hydroxylation sites is 2. The Kier molecular flexibility index (Phi) is 5.55. The van der Waals surface area contributed by atoms with E-state index in [1.54, 1.807) is 19.2 Å². The van der Waals surface area contributed by atoms with Crippen molar-refractivity contribution in [2.24, 2.45) is 0 Å². The quantitative estimate of drug-likeness (QED) is 0.888. The zero-order valence-corrected chi connectivity index (χ0v) is 13.2. The normalized spacial score (nSPS) is 10.3. The van der Waals surface area contributed by atoms with E-state index in [-0.39, 0.29) is 12.5 Å². The highest BCUT2D eigenvalue weighted by molar-refractivity contribution is 5.93. The maximum absolute atomic E-state index is 11.9. The second-order valence-corrected chi connectivity index (χ2v) is 5.17. The zero-order chi connectivity index (χ0) is 15.9. The molecule has 0 atom stereocenters. The molecule has 2 aromatic carbocycles. The summed E-state index contributed by atoms with van der Waals surface area (Å²) in [6, 6.07) is 13.5. The van der Waals surface area contributed by atoms with Gasteiger partial charge in [-0.2, -0.15) is 0 Å². The minimum Gasteiger partial charge on any atom is -0.495 e. The number of carbonyl (C=O) groups is 1. The van der Waals surface area contributed by atoms with Crippen molar-refractivity contribution in [1.29, 1.82) is 0 Å². The summed E-state index contributed by atoms with van der Waals surface area (Å²) in [4.78, 5) is 11.9. The predicted octanol–water partition coefficient (Wildman–Crippen LogP) is 3.47. The lowest BCUT2D eigenvalue weighted by atomic mass is 10.1. The molecule has 0 aromatic heterocycles. The van der Waals surface area contributed by atoms with Gasteiger partial charge in [-0.15, -0.1) is 0 Å². The van der Waals surface area contributed by atoms with Crippen molar-refractivity contribution >= 4 is 11.6 Å². The average Bonchev–Trinajstić information content (AvgIpc) is 2.50. The lowest BCUT2D eigenvalue weighted by Crippen LogP contribution is -2.18. The maximum atomic E-state index is 11.9. The van der Waals surface area contributed by atoms with Gasteiger partial charge >= 0.3 is 0 Å². The van der Waals surface area contributed by atoms with E-state index in [1.165, 1.54) is 11.1 Å². The second kappa shape index (κ2) is 7.61. The van der Waals surface area contributed by atoms with E-state index in [4.69, 9.17) is 9.47 Å². The molecule has 2 rings (SSSR count). The topological polar surface area (TPSA) is 47.6 Å². The fourth-order valence-corrected chi connectivity index (χ4v) is 2.20. The molecule has 0 saturated carbocycles. The van der Waals surface area contributed by atoms with Crippen LogP contribution in [0, 0.1) is 13.8 Å². The second-order valence-electron chi connectivity index (χ2n) is 5.17. The van der Waals surface area contributed by atoms with Crippen LogP contribution in [0.25, 0.3) is 0 Å². The van der Waals surface area contributed by atoms with Crippen molar-refractivity contribution < 1.29 is 14.3 Å². The van der Waals surface area contributed by atoms with Crippen molar-refractivity contribution in [2.45, 2.75) is 20.5 Å². The highest BCUT2D eigenvalue weighted by atomic mass is 16.5. The molecule has 1 N–H and O–H groups in total. The monoisotopic (exact) mass is 299 g/mol. The first kappa shape index (κ1) is 16.0. The third-order valence-corrected chi connectivity index (χ3v) is 3.37. The first-order valence-electron chi connectivity index (χ1n) is 7.17. The Balaban J connectivity index is 1.85. The molecule has 0 spiro atoms. The fourth-order valence-electron chi connectivity index (χ4n) is 2.20. The number of carbonyl (C=O) groups excluding carboxylic acids is 1. The van der Waals surface area contributed by atoms with E-state index in [9.17, 15) is 4.79 Å². The minimum absolute atomic E-state index is 0.00532. The molecular weight excluding hydrogens is 278 g/mol. The summed E-state index contributed by atoms with van der Waals surface area (Å²) in [7, 11) is 1.57. The van der Waals surface area contributed by atoms with Crippen LogP contribution in [0.15, 0.2) is 42.5 Å². The highest BCUT2D eigenvalue weighted by Gasteiger charge is 2.07. The lowest BCUT2D eigenvalue weighted by Gasteiger charge is -2.11. The molecule has 0 fully saturated rings. The van der Waals surface area contributed by atoms with Crippen molar-refractivity contribution in [3.8, 4) is 5.75 Å². The van der Waals surface area contributed by atoms with Gasteiger partial charge in [0.15, 0.2) is 0 Å². The Morgan fingerprint density at radius 1 is 1.14 bits per heavy atom. The SMILES string of the molecule is COc1ccccc1NC(=O)COCc1ccc(C)cc1C. The summed E-state index contributed by atoms with van der Waals surface area (Å²) < 4.78 is 10.7. The maximum Gasteiger partial charge on any atom is 0.250 e. The third kappa shape index (κ3) is 4.33. The predicted molar refractivity (Wildman–Crippen MR) is 87.2 cm³/mol. The Labute approximate surface area is 131 Å². The van der Waals surface area contributed by atoms with Gasteiger partial charge in [0.2, 0.25) is 5.91 Å². The molecule has 0 unspecified atom stereocenters. The number of rotatable bonds is 6. The van der Waals surface area contributed by atoms with E-state index in [0.717, 1.165) is 5.56 Å². The van der Waals surface area contributed by atoms with Crippen LogP contribution in [0.5, 0.6) is 5.75 Å². The molecule has 4 heteroatoms. The van der Waals surface area contributed by atoms with Gasteiger partial charge in [0.25, 0.3) is 0 Å². The van der Waals surface area contributed by atoms with E-state index in [2.05, 4.69) is 18.3 Å². The molecule has 0 saturated heterocycles. The first-order valence-corrected chi connectivity index (χ1v) is 7.17. The van der Waals surface area contributed by atoms with Gasteiger partial charge in [0, 0.05) is 0 Å². The van der Waals surface area contributed by atoms with Crippen LogP contribution in [0.2, 0.25) is 0 Å².